The molecule has 2 fully saturated rings. The lowest BCUT2D eigenvalue weighted by molar-refractivity contribution is -0.137. The highest BCUT2D eigenvalue weighted by Gasteiger charge is 2.33. The van der Waals surface area contributed by atoms with Crippen LogP contribution in [0, 0.1) is 6.92 Å². The third-order valence-corrected chi connectivity index (χ3v) is 7.94. The molecule has 5 rings (SSSR count). The molecule has 0 spiro atoms. The minimum atomic E-state index is -4.35. The van der Waals surface area contributed by atoms with Crippen molar-refractivity contribution >= 4 is 17.0 Å². The summed E-state index contributed by atoms with van der Waals surface area (Å²) in [6, 6.07) is 5.53. The van der Waals surface area contributed by atoms with Gasteiger partial charge in [0, 0.05) is 45.4 Å². The number of halogens is 3. The normalized spacial score (nSPS) is 21.9. The van der Waals surface area contributed by atoms with Gasteiger partial charge in [0.25, 0.3) is 0 Å². The van der Waals surface area contributed by atoms with Crippen molar-refractivity contribution in [3.05, 3.63) is 51.7 Å². The summed E-state index contributed by atoms with van der Waals surface area (Å²) in [6.07, 6.45) is -1.44. The Morgan fingerprint density at radius 3 is 2.50 bits per heavy atom. The summed E-state index contributed by atoms with van der Waals surface area (Å²) in [6.45, 7) is 9.50. The highest BCUT2D eigenvalue weighted by molar-refractivity contribution is 5.84. The minimum absolute atomic E-state index is 0.00590. The first kappa shape index (κ1) is 26.7. The molecular formula is C27H35F3N6O2. The van der Waals surface area contributed by atoms with E-state index >= 15 is 0 Å². The van der Waals surface area contributed by atoms with Crippen LogP contribution in [0.4, 0.5) is 19.0 Å². The van der Waals surface area contributed by atoms with Crippen LogP contribution in [0.15, 0.2) is 29.1 Å². The quantitative estimate of drug-likeness (QED) is 0.472. The lowest BCUT2D eigenvalue weighted by Gasteiger charge is -2.43. The average Bonchev–Trinajstić information content (AvgIpc) is 3.50. The first-order valence-corrected chi connectivity index (χ1v) is 13.3. The Hall–Kier alpha value is -2.92. The molecule has 1 aromatic carbocycles. The van der Waals surface area contributed by atoms with E-state index in [1.807, 2.05) is 6.92 Å². The van der Waals surface area contributed by atoms with Crippen molar-refractivity contribution in [1.29, 1.82) is 0 Å². The molecule has 0 saturated carbocycles. The summed E-state index contributed by atoms with van der Waals surface area (Å²) in [7, 11) is 1.73. The zero-order valence-electron chi connectivity index (χ0n) is 22.3. The van der Waals surface area contributed by atoms with Crippen LogP contribution in [0.2, 0.25) is 0 Å². The van der Waals surface area contributed by atoms with Gasteiger partial charge in [0.2, 0.25) is 0 Å². The van der Waals surface area contributed by atoms with Gasteiger partial charge in [0.1, 0.15) is 17.0 Å². The van der Waals surface area contributed by atoms with E-state index in [4.69, 9.17) is 9.72 Å². The number of piperazine rings is 1. The fourth-order valence-corrected chi connectivity index (χ4v) is 5.95. The van der Waals surface area contributed by atoms with Gasteiger partial charge in [-0.15, -0.1) is 0 Å². The number of benzene rings is 1. The molecule has 3 aromatic rings. The fourth-order valence-electron chi connectivity index (χ4n) is 5.95. The summed E-state index contributed by atoms with van der Waals surface area (Å²) < 4.78 is 48.6. The van der Waals surface area contributed by atoms with E-state index < -0.39 is 11.7 Å². The second-order valence-electron chi connectivity index (χ2n) is 10.4. The predicted octanol–water partition coefficient (Wildman–Crippen LogP) is 4.30. The number of hydrogen-bond donors (Lipinski definition) is 0. The van der Waals surface area contributed by atoms with Gasteiger partial charge < -0.3 is 14.2 Å². The van der Waals surface area contributed by atoms with Crippen molar-refractivity contribution < 1.29 is 17.9 Å². The van der Waals surface area contributed by atoms with Crippen LogP contribution >= 0.6 is 0 Å². The van der Waals surface area contributed by atoms with Crippen LogP contribution in [0.25, 0.3) is 11.2 Å². The molecule has 0 N–H and O–H groups in total. The van der Waals surface area contributed by atoms with E-state index in [0.29, 0.717) is 37.5 Å². The molecule has 3 unspecified atom stereocenters. The fraction of sp³-hybridized carbons (Fsp3) is 0.593. The van der Waals surface area contributed by atoms with Crippen molar-refractivity contribution in [3.63, 3.8) is 0 Å². The number of nitrogens with zero attached hydrogens (tertiary/aromatic N) is 6. The topological polar surface area (TPSA) is 68.4 Å². The Kier molecular flexibility index (Phi) is 7.25. The second kappa shape index (κ2) is 10.3. The van der Waals surface area contributed by atoms with Crippen molar-refractivity contribution in [3.8, 4) is 0 Å². The Morgan fingerprint density at radius 1 is 1.16 bits per heavy atom. The molecule has 2 aromatic heterocycles. The van der Waals surface area contributed by atoms with Crippen molar-refractivity contribution in [2.24, 2.45) is 7.05 Å². The molecular weight excluding hydrogens is 497 g/mol. The molecule has 2 aliphatic rings. The molecule has 38 heavy (non-hydrogen) atoms. The number of anilines is 1. The minimum Gasteiger partial charge on any atom is -0.376 e. The van der Waals surface area contributed by atoms with Gasteiger partial charge in [-0.3, -0.25) is 9.47 Å². The maximum absolute atomic E-state index is 13.0. The number of aryl methyl sites for hydroxylation is 2. The van der Waals surface area contributed by atoms with E-state index in [1.54, 1.807) is 23.7 Å². The van der Waals surface area contributed by atoms with Crippen molar-refractivity contribution in [2.75, 3.05) is 31.1 Å². The first-order chi connectivity index (χ1) is 18.1. The molecule has 11 heteroatoms. The van der Waals surface area contributed by atoms with Gasteiger partial charge in [0.15, 0.2) is 5.82 Å². The summed E-state index contributed by atoms with van der Waals surface area (Å²) in [5, 5.41) is 0. The van der Waals surface area contributed by atoms with Gasteiger partial charge in [0.05, 0.1) is 18.2 Å². The Bertz CT molecular complexity index is 1340. The third-order valence-electron chi connectivity index (χ3n) is 7.94. The highest BCUT2D eigenvalue weighted by atomic mass is 19.4. The number of ether oxygens (including phenoxy) is 1. The number of hydrogen-bond acceptors (Lipinski definition) is 6. The van der Waals surface area contributed by atoms with Gasteiger partial charge in [-0.1, -0.05) is 19.1 Å². The lowest BCUT2D eigenvalue weighted by atomic mass is 9.99. The van der Waals surface area contributed by atoms with Crippen LogP contribution in [-0.4, -0.2) is 62.4 Å². The van der Waals surface area contributed by atoms with Crippen molar-refractivity contribution in [2.45, 2.75) is 70.9 Å². The molecule has 2 aliphatic heterocycles. The van der Waals surface area contributed by atoms with Crippen LogP contribution in [-0.2, 0) is 24.5 Å². The number of fused-ring (bicyclic) bond motifs is 1. The number of alkyl halides is 3. The first-order valence-electron chi connectivity index (χ1n) is 13.3. The molecule has 3 atom stereocenters. The van der Waals surface area contributed by atoms with Crippen LogP contribution in [0.3, 0.4) is 0 Å². The monoisotopic (exact) mass is 532 g/mol. The van der Waals surface area contributed by atoms with E-state index in [1.165, 1.54) is 0 Å². The van der Waals surface area contributed by atoms with E-state index in [-0.39, 0.29) is 23.9 Å². The SMILES string of the molecule is CCC(c1ccc(C(F)(F)F)cc1)N1CCN(c2nc(=O)n(C)c3c2nc(C)n3CC2CCCO2)C(C)C1. The van der Waals surface area contributed by atoms with Gasteiger partial charge in [-0.05, 0) is 50.8 Å². The zero-order valence-corrected chi connectivity index (χ0v) is 22.3. The second-order valence-corrected chi connectivity index (χ2v) is 10.4. The van der Waals surface area contributed by atoms with E-state index in [2.05, 4.69) is 33.2 Å². The lowest BCUT2D eigenvalue weighted by Crippen LogP contribution is -2.53. The number of rotatable bonds is 6. The zero-order chi connectivity index (χ0) is 27.2. The smallest absolute Gasteiger partial charge is 0.376 e. The Labute approximate surface area is 220 Å². The van der Waals surface area contributed by atoms with Gasteiger partial charge in [-0.25, -0.2) is 9.78 Å². The molecule has 0 bridgehead atoms. The molecule has 8 nitrogen and oxygen atoms in total. The molecule has 4 heterocycles. The molecule has 0 amide bonds. The predicted molar refractivity (Wildman–Crippen MR) is 139 cm³/mol. The highest BCUT2D eigenvalue weighted by Crippen LogP contribution is 2.34. The molecule has 0 aliphatic carbocycles. The van der Waals surface area contributed by atoms with E-state index in [9.17, 15) is 18.0 Å². The van der Waals surface area contributed by atoms with E-state index in [0.717, 1.165) is 55.0 Å². The van der Waals surface area contributed by atoms with Gasteiger partial charge >= 0.3 is 11.9 Å². The summed E-state index contributed by atoms with van der Waals surface area (Å²) in [5.41, 5.74) is 1.37. The maximum Gasteiger partial charge on any atom is 0.416 e. The maximum atomic E-state index is 13.0. The summed E-state index contributed by atoms with van der Waals surface area (Å²) in [4.78, 5) is 26.7. The van der Waals surface area contributed by atoms with Gasteiger partial charge in [-0.2, -0.15) is 18.2 Å². The number of aromatic nitrogens is 4. The van der Waals surface area contributed by atoms with Crippen LogP contribution in [0.5, 0.6) is 0 Å². The van der Waals surface area contributed by atoms with Crippen LogP contribution < -0.4 is 10.6 Å². The average molecular weight is 533 g/mol. The third kappa shape index (κ3) is 4.93. The van der Waals surface area contributed by atoms with Crippen molar-refractivity contribution in [1.82, 2.24) is 24.0 Å². The molecule has 0 radical (unpaired) electrons. The van der Waals surface area contributed by atoms with Crippen LogP contribution in [0.1, 0.15) is 56.1 Å². The Balaban J connectivity index is 1.40. The summed E-state index contributed by atoms with van der Waals surface area (Å²) in [5.74, 6) is 1.41. The Morgan fingerprint density at radius 2 is 1.89 bits per heavy atom. The molecule has 206 valence electrons. The summed E-state index contributed by atoms with van der Waals surface area (Å²) >= 11 is 0. The standard InChI is InChI=1S/C27H35F3N6O2/c1-5-22(19-8-10-20(11-9-19)27(28,29)30)34-12-13-35(17(2)15-34)24-23-25(33(4)26(37)32-24)36(18(3)31-23)16-21-7-6-14-38-21/h8-11,17,21-22H,5-7,12-16H2,1-4H3. The molecule has 2 saturated heterocycles. The number of imidazole rings is 1. The largest absolute Gasteiger partial charge is 0.416 e.